The Hall–Kier alpha value is -3.66. The zero-order valence-electron chi connectivity index (χ0n) is 19.7. The van der Waals surface area contributed by atoms with E-state index in [0.717, 1.165) is 4.57 Å². The van der Waals surface area contributed by atoms with E-state index >= 15 is 0 Å². The summed E-state index contributed by atoms with van der Waals surface area (Å²) in [5, 5.41) is 3.37. The number of hydrogen-bond acceptors (Lipinski definition) is 7. The highest BCUT2D eigenvalue weighted by Crippen LogP contribution is 2.24. The summed E-state index contributed by atoms with van der Waals surface area (Å²) in [7, 11) is 1.22. The van der Waals surface area contributed by atoms with Crippen LogP contribution in [0.15, 0.2) is 52.1 Å². The number of benzene rings is 2. The molecule has 9 nitrogen and oxygen atoms in total. The Morgan fingerprint density at radius 2 is 1.83 bits per heavy atom. The summed E-state index contributed by atoms with van der Waals surface area (Å²) in [6, 6.07) is 10.2. The van der Waals surface area contributed by atoms with Crippen LogP contribution in [0.3, 0.4) is 0 Å². The molecule has 0 amide bonds. The van der Waals surface area contributed by atoms with Crippen LogP contribution in [0.25, 0.3) is 0 Å². The van der Waals surface area contributed by atoms with Gasteiger partial charge in [-0.15, -0.1) is 0 Å². The smallest absolute Gasteiger partial charge is 0.355 e. The van der Waals surface area contributed by atoms with Gasteiger partial charge >= 0.3 is 17.3 Å². The van der Waals surface area contributed by atoms with Gasteiger partial charge in [0.25, 0.3) is 0 Å². The molecule has 1 N–H and O–H groups in total. The summed E-state index contributed by atoms with van der Waals surface area (Å²) in [6.45, 7) is 5.14. The lowest BCUT2D eigenvalue weighted by molar-refractivity contribution is -0.141. The van der Waals surface area contributed by atoms with Crippen LogP contribution in [-0.4, -0.2) is 33.3 Å². The van der Waals surface area contributed by atoms with Crippen LogP contribution in [0.2, 0.25) is 5.02 Å². The highest BCUT2D eigenvalue weighted by Gasteiger charge is 2.21. The summed E-state index contributed by atoms with van der Waals surface area (Å²) < 4.78 is 26.7. The predicted molar refractivity (Wildman–Crippen MR) is 130 cm³/mol. The number of nitrogens with zero attached hydrogens (tertiary/aromatic N) is 3. The van der Waals surface area contributed by atoms with Crippen molar-refractivity contribution in [2.45, 2.75) is 45.9 Å². The molecule has 0 fully saturated rings. The largest absolute Gasteiger partial charge is 0.488 e. The van der Waals surface area contributed by atoms with Gasteiger partial charge in [-0.05, 0) is 50.6 Å². The Labute approximate surface area is 206 Å². The van der Waals surface area contributed by atoms with E-state index in [-0.39, 0.29) is 36.5 Å². The minimum Gasteiger partial charge on any atom is -0.488 e. The normalized spacial score (nSPS) is 11.9. The van der Waals surface area contributed by atoms with Gasteiger partial charge in [0, 0.05) is 16.8 Å². The Balaban J connectivity index is 2.06. The standard InChI is InChI=1S/C24H26ClFN4O5/c1-14(2)35-20-10-9-18(12-19(20)26)27-22-28-23(32)30(15(3)11-21(31)34-4)24(33)29(22)13-16-5-7-17(25)8-6-16/h5-10,12,14-15H,11,13H2,1-4H3,(H,27,28,32)/t15-/m1/s1. The topological polar surface area (TPSA) is 104 Å². The Morgan fingerprint density at radius 3 is 2.43 bits per heavy atom. The van der Waals surface area contributed by atoms with Crippen molar-refractivity contribution in [3.8, 4) is 5.75 Å². The van der Waals surface area contributed by atoms with Gasteiger partial charge in [-0.2, -0.15) is 4.98 Å². The van der Waals surface area contributed by atoms with Crippen LogP contribution >= 0.6 is 11.6 Å². The zero-order valence-corrected chi connectivity index (χ0v) is 20.5. The molecule has 1 atom stereocenters. The second-order valence-electron chi connectivity index (χ2n) is 8.15. The second kappa shape index (κ2) is 11.2. The molecule has 2 aromatic carbocycles. The molecule has 0 aliphatic carbocycles. The summed E-state index contributed by atoms with van der Waals surface area (Å²) in [4.78, 5) is 41.9. The molecule has 3 rings (SSSR count). The molecule has 0 unspecified atom stereocenters. The lowest BCUT2D eigenvalue weighted by Gasteiger charge is -2.19. The van der Waals surface area contributed by atoms with Crippen molar-refractivity contribution in [1.82, 2.24) is 14.1 Å². The van der Waals surface area contributed by atoms with E-state index in [1.807, 2.05) is 0 Å². The number of carbonyl (C=O) groups excluding carboxylic acids is 1. The quantitative estimate of drug-likeness (QED) is 0.441. The number of ether oxygens (including phenoxy) is 2. The minimum atomic E-state index is -0.860. The molecule has 1 aromatic heterocycles. The van der Waals surface area contributed by atoms with Crippen molar-refractivity contribution in [2.24, 2.45) is 0 Å². The fraction of sp³-hybridized carbons (Fsp3) is 0.333. The van der Waals surface area contributed by atoms with Crippen molar-refractivity contribution in [2.75, 3.05) is 12.4 Å². The first-order chi connectivity index (χ1) is 16.6. The zero-order chi connectivity index (χ0) is 25.7. The molecule has 0 saturated carbocycles. The number of carbonyl (C=O) groups is 1. The average molecular weight is 505 g/mol. The number of anilines is 2. The van der Waals surface area contributed by atoms with Gasteiger partial charge < -0.3 is 14.8 Å². The highest BCUT2D eigenvalue weighted by atomic mass is 35.5. The first-order valence-corrected chi connectivity index (χ1v) is 11.2. The summed E-state index contributed by atoms with van der Waals surface area (Å²) >= 11 is 5.97. The Morgan fingerprint density at radius 1 is 1.14 bits per heavy atom. The average Bonchev–Trinajstić information content (AvgIpc) is 2.79. The van der Waals surface area contributed by atoms with E-state index in [9.17, 15) is 18.8 Å². The molecule has 1 heterocycles. The van der Waals surface area contributed by atoms with Gasteiger partial charge in [-0.3, -0.25) is 9.36 Å². The van der Waals surface area contributed by atoms with Crippen LogP contribution in [0, 0.1) is 5.82 Å². The fourth-order valence-electron chi connectivity index (χ4n) is 3.37. The lowest BCUT2D eigenvalue weighted by atomic mass is 10.2. The summed E-state index contributed by atoms with van der Waals surface area (Å²) in [5.74, 6) is -1.21. The van der Waals surface area contributed by atoms with E-state index in [4.69, 9.17) is 16.3 Å². The van der Waals surface area contributed by atoms with E-state index in [0.29, 0.717) is 10.6 Å². The van der Waals surface area contributed by atoms with E-state index in [1.165, 1.54) is 23.8 Å². The maximum Gasteiger partial charge on any atom is 0.355 e. The predicted octanol–water partition coefficient (Wildman–Crippen LogP) is 3.90. The third-order valence-corrected chi connectivity index (χ3v) is 5.29. The maximum absolute atomic E-state index is 14.5. The number of hydrogen-bond donors (Lipinski definition) is 1. The molecule has 3 aromatic rings. The van der Waals surface area contributed by atoms with Gasteiger partial charge in [0.1, 0.15) is 0 Å². The number of methoxy groups -OCH3 is 1. The molecular formula is C24H26ClFN4O5. The molecule has 0 radical (unpaired) electrons. The van der Waals surface area contributed by atoms with Crippen LogP contribution in [0.1, 0.15) is 38.8 Å². The van der Waals surface area contributed by atoms with E-state index in [1.54, 1.807) is 51.1 Å². The van der Waals surface area contributed by atoms with Crippen LogP contribution in [0.4, 0.5) is 16.0 Å². The van der Waals surface area contributed by atoms with Gasteiger partial charge in [-0.1, -0.05) is 23.7 Å². The number of nitrogens with one attached hydrogen (secondary N) is 1. The second-order valence-corrected chi connectivity index (χ2v) is 8.59. The van der Waals surface area contributed by atoms with Gasteiger partial charge in [-0.25, -0.2) is 18.5 Å². The molecule has 0 aliphatic rings. The first-order valence-electron chi connectivity index (χ1n) is 10.9. The molecule has 0 saturated heterocycles. The Kier molecular flexibility index (Phi) is 8.29. The van der Waals surface area contributed by atoms with Crippen LogP contribution in [0.5, 0.6) is 5.75 Å². The van der Waals surface area contributed by atoms with Gasteiger partial charge in [0.05, 0.1) is 32.2 Å². The molecule has 0 bridgehead atoms. The molecule has 11 heteroatoms. The minimum absolute atomic E-state index is 0.0353. The lowest BCUT2D eigenvalue weighted by Crippen LogP contribution is -2.44. The summed E-state index contributed by atoms with van der Waals surface area (Å²) in [5.41, 5.74) is -0.588. The van der Waals surface area contributed by atoms with Gasteiger partial charge in [0.2, 0.25) is 5.95 Å². The fourth-order valence-corrected chi connectivity index (χ4v) is 3.49. The molecule has 186 valence electrons. The molecule has 0 aliphatic heterocycles. The third kappa shape index (κ3) is 6.48. The van der Waals surface area contributed by atoms with Crippen molar-refractivity contribution < 1.29 is 18.7 Å². The van der Waals surface area contributed by atoms with Crippen LogP contribution in [-0.2, 0) is 16.1 Å². The number of halogens is 2. The molecule has 0 spiro atoms. The third-order valence-electron chi connectivity index (χ3n) is 5.04. The van der Waals surface area contributed by atoms with Crippen molar-refractivity contribution >= 4 is 29.2 Å². The number of esters is 1. The number of rotatable bonds is 9. The highest BCUT2D eigenvalue weighted by molar-refractivity contribution is 6.30. The number of aromatic nitrogens is 3. The SMILES string of the molecule is COC(=O)C[C@@H](C)n1c(=O)nc(Nc2ccc(OC(C)C)c(F)c2)n(Cc2ccc(Cl)cc2)c1=O. The van der Waals surface area contributed by atoms with Crippen LogP contribution < -0.4 is 21.4 Å². The molecule has 35 heavy (non-hydrogen) atoms. The van der Waals surface area contributed by atoms with E-state index < -0.39 is 29.2 Å². The molecular weight excluding hydrogens is 479 g/mol. The van der Waals surface area contributed by atoms with Crippen molar-refractivity contribution in [3.63, 3.8) is 0 Å². The van der Waals surface area contributed by atoms with Crippen molar-refractivity contribution in [3.05, 3.63) is 79.8 Å². The summed E-state index contributed by atoms with van der Waals surface area (Å²) in [6.07, 6.45) is -0.405. The van der Waals surface area contributed by atoms with Crippen molar-refractivity contribution in [1.29, 1.82) is 0 Å². The Bertz CT molecular complexity index is 1320. The monoisotopic (exact) mass is 504 g/mol. The first kappa shape index (κ1) is 26.0. The van der Waals surface area contributed by atoms with Gasteiger partial charge in [0.15, 0.2) is 11.6 Å². The van der Waals surface area contributed by atoms with E-state index in [2.05, 4.69) is 15.0 Å². The maximum atomic E-state index is 14.5.